The lowest BCUT2D eigenvalue weighted by Gasteiger charge is -2.13. The van der Waals surface area contributed by atoms with Crippen LogP contribution in [0.1, 0.15) is 11.1 Å². The molecule has 0 saturated heterocycles. The van der Waals surface area contributed by atoms with Crippen molar-refractivity contribution in [1.82, 2.24) is 4.98 Å². The molecule has 5 heteroatoms. The average Bonchev–Trinajstić information content (AvgIpc) is 3.06. The van der Waals surface area contributed by atoms with Gasteiger partial charge in [0.15, 0.2) is 0 Å². The molecule has 0 spiro atoms. The van der Waals surface area contributed by atoms with Crippen LogP contribution in [-0.2, 0) is 6.42 Å². The first-order valence-corrected chi connectivity index (χ1v) is 9.36. The van der Waals surface area contributed by atoms with Crippen molar-refractivity contribution in [2.75, 3.05) is 0 Å². The molecule has 124 valence electrons. The second-order valence-corrected chi connectivity index (χ2v) is 7.28. The van der Waals surface area contributed by atoms with Gasteiger partial charge in [-0.15, -0.1) is 11.3 Å². The van der Waals surface area contributed by atoms with E-state index in [1.54, 1.807) is 11.3 Å². The highest BCUT2D eigenvalue weighted by atomic mass is 35.5. The molecule has 25 heavy (non-hydrogen) atoms. The van der Waals surface area contributed by atoms with Crippen molar-refractivity contribution >= 4 is 44.8 Å². The van der Waals surface area contributed by atoms with Crippen LogP contribution in [-0.4, -0.2) is 4.98 Å². The van der Waals surface area contributed by atoms with Gasteiger partial charge in [-0.2, -0.15) is 0 Å². The minimum Gasteiger partial charge on any atom is -0.455 e. The van der Waals surface area contributed by atoms with E-state index in [2.05, 4.69) is 11.1 Å². The van der Waals surface area contributed by atoms with E-state index in [1.165, 1.54) is 0 Å². The fourth-order valence-corrected chi connectivity index (χ4v) is 3.75. The standard InChI is InChI=1S/C20H13Cl2NOS/c21-15-6-2-1-5-13(15)9-14-10-20-17(23-12-25-20)11-19(14)24-18-8-4-3-7-16(18)22/h1-8,10-12H,9H2. The molecule has 0 aliphatic heterocycles. The summed E-state index contributed by atoms with van der Waals surface area (Å²) in [6.45, 7) is 0. The van der Waals surface area contributed by atoms with Gasteiger partial charge in [0.05, 0.1) is 20.7 Å². The molecule has 3 aromatic carbocycles. The van der Waals surface area contributed by atoms with Gasteiger partial charge in [-0.25, -0.2) is 4.98 Å². The summed E-state index contributed by atoms with van der Waals surface area (Å²) in [5, 5.41) is 1.32. The summed E-state index contributed by atoms with van der Waals surface area (Å²) >= 11 is 14.2. The molecule has 0 atom stereocenters. The smallest absolute Gasteiger partial charge is 0.146 e. The van der Waals surface area contributed by atoms with Gasteiger partial charge in [-0.3, -0.25) is 0 Å². The Hall–Kier alpha value is -2.07. The van der Waals surface area contributed by atoms with Crippen LogP contribution in [0.3, 0.4) is 0 Å². The van der Waals surface area contributed by atoms with Crippen molar-refractivity contribution in [2.45, 2.75) is 6.42 Å². The van der Waals surface area contributed by atoms with E-state index in [-0.39, 0.29) is 0 Å². The number of benzene rings is 3. The van der Waals surface area contributed by atoms with Crippen molar-refractivity contribution in [3.05, 3.63) is 87.3 Å². The Morgan fingerprint density at radius 1 is 0.840 bits per heavy atom. The highest BCUT2D eigenvalue weighted by Gasteiger charge is 2.13. The number of hydrogen-bond donors (Lipinski definition) is 0. The van der Waals surface area contributed by atoms with Crippen molar-refractivity contribution in [3.8, 4) is 11.5 Å². The maximum Gasteiger partial charge on any atom is 0.146 e. The zero-order chi connectivity index (χ0) is 17.2. The Kier molecular flexibility index (Phi) is 4.62. The third-order valence-corrected chi connectivity index (χ3v) is 5.38. The van der Waals surface area contributed by atoms with Gasteiger partial charge in [0.1, 0.15) is 11.5 Å². The second-order valence-electron chi connectivity index (χ2n) is 5.58. The number of para-hydroxylation sites is 1. The summed E-state index contributed by atoms with van der Waals surface area (Å²) in [6, 6.07) is 19.4. The largest absolute Gasteiger partial charge is 0.455 e. The number of fused-ring (bicyclic) bond motifs is 1. The molecule has 4 aromatic rings. The molecule has 0 aliphatic rings. The molecular weight excluding hydrogens is 373 g/mol. The van der Waals surface area contributed by atoms with E-state index >= 15 is 0 Å². The molecule has 2 nitrogen and oxygen atoms in total. The number of halogens is 2. The Labute approximate surface area is 159 Å². The number of ether oxygens (including phenoxy) is 1. The molecule has 0 aliphatic carbocycles. The number of nitrogens with zero attached hydrogens (tertiary/aromatic N) is 1. The van der Waals surface area contributed by atoms with E-state index in [9.17, 15) is 0 Å². The third kappa shape index (κ3) is 3.49. The van der Waals surface area contributed by atoms with Gasteiger partial charge in [-0.1, -0.05) is 53.5 Å². The SMILES string of the molecule is Clc1ccccc1Cc1cc2scnc2cc1Oc1ccccc1Cl. The van der Waals surface area contributed by atoms with E-state index in [0.29, 0.717) is 17.2 Å². The first-order chi connectivity index (χ1) is 12.2. The molecule has 1 aromatic heterocycles. The lowest BCUT2D eigenvalue weighted by molar-refractivity contribution is 0.478. The van der Waals surface area contributed by atoms with Crippen LogP contribution in [0, 0.1) is 0 Å². The molecule has 1 heterocycles. The number of rotatable bonds is 4. The number of aromatic nitrogens is 1. The normalized spacial score (nSPS) is 11.0. The van der Waals surface area contributed by atoms with Crippen LogP contribution in [0.2, 0.25) is 10.0 Å². The summed E-state index contributed by atoms with van der Waals surface area (Å²) in [6.07, 6.45) is 0.674. The van der Waals surface area contributed by atoms with Crippen LogP contribution in [0.5, 0.6) is 11.5 Å². The molecular formula is C20H13Cl2NOS. The highest BCUT2D eigenvalue weighted by molar-refractivity contribution is 7.16. The Morgan fingerprint density at radius 3 is 2.40 bits per heavy atom. The maximum atomic E-state index is 6.34. The Bertz CT molecular complexity index is 963. The topological polar surface area (TPSA) is 22.1 Å². The lowest BCUT2D eigenvalue weighted by atomic mass is 10.0. The number of thiazole rings is 1. The van der Waals surface area contributed by atoms with E-state index < -0.39 is 0 Å². The fourth-order valence-electron chi connectivity index (χ4n) is 2.65. The fraction of sp³-hybridized carbons (Fsp3) is 0.0500. The first kappa shape index (κ1) is 16.4. The van der Waals surface area contributed by atoms with Crippen molar-refractivity contribution in [2.24, 2.45) is 0 Å². The predicted molar refractivity (Wildman–Crippen MR) is 105 cm³/mol. The molecule has 0 amide bonds. The minimum atomic E-state index is 0.574. The predicted octanol–water partition coefficient (Wildman–Crippen LogP) is 6.99. The van der Waals surface area contributed by atoms with Crippen LogP contribution in [0.25, 0.3) is 10.2 Å². The molecule has 0 fully saturated rings. The average molecular weight is 386 g/mol. The zero-order valence-corrected chi connectivity index (χ0v) is 15.4. The van der Waals surface area contributed by atoms with Crippen LogP contribution in [0.4, 0.5) is 0 Å². The van der Waals surface area contributed by atoms with Gasteiger partial charge in [0, 0.05) is 23.1 Å². The molecule has 0 radical (unpaired) electrons. The highest BCUT2D eigenvalue weighted by Crippen LogP contribution is 2.36. The summed E-state index contributed by atoms with van der Waals surface area (Å²) in [7, 11) is 0. The summed E-state index contributed by atoms with van der Waals surface area (Å²) in [5.41, 5.74) is 4.85. The van der Waals surface area contributed by atoms with Crippen LogP contribution in [0.15, 0.2) is 66.2 Å². The van der Waals surface area contributed by atoms with Crippen molar-refractivity contribution < 1.29 is 4.74 Å². The number of hydrogen-bond acceptors (Lipinski definition) is 3. The van der Waals surface area contributed by atoms with Gasteiger partial charge >= 0.3 is 0 Å². The maximum absolute atomic E-state index is 6.34. The van der Waals surface area contributed by atoms with Gasteiger partial charge in [0.25, 0.3) is 0 Å². The minimum absolute atomic E-state index is 0.574. The van der Waals surface area contributed by atoms with E-state index in [0.717, 1.165) is 32.1 Å². The molecule has 0 unspecified atom stereocenters. The van der Waals surface area contributed by atoms with E-state index in [1.807, 2.05) is 60.1 Å². The Morgan fingerprint density at radius 2 is 1.60 bits per heavy atom. The third-order valence-electron chi connectivity index (χ3n) is 3.91. The molecule has 0 N–H and O–H groups in total. The second kappa shape index (κ2) is 7.04. The monoisotopic (exact) mass is 385 g/mol. The van der Waals surface area contributed by atoms with Gasteiger partial charge < -0.3 is 4.74 Å². The molecule has 0 bridgehead atoms. The van der Waals surface area contributed by atoms with Crippen molar-refractivity contribution in [1.29, 1.82) is 0 Å². The van der Waals surface area contributed by atoms with E-state index in [4.69, 9.17) is 27.9 Å². The lowest BCUT2D eigenvalue weighted by Crippen LogP contribution is -1.95. The van der Waals surface area contributed by atoms with Gasteiger partial charge in [-0.05, 0) is 29.8 Å². The molecule has 4 rings (SSSR count). The van der Waals surface area contributed by atoms with Crippen LogP contribution >= 0.6 is 34.5 Å². The first-order valence-electron chi connectivity index (χ1n) is 7.72. The quantitative estimate of drug-likeness (QED) is 0.377. The zero-order valence-electron chi connectivity index (χ0n) is 13.1. The Balaban J connectivity index is 1.78. The van der Waals surface area contributed by atoms with Crippen LogP contribution < -0.4 is 4.74 Å². The molecule has 0 saturated carbocycles. The summed E-state index contributed by atoms with van der Waals surface area (Å²) < 4.78 is 7.24. The van der Waals surface area contributed by atoms with Gasteiger partial charge in [0.2, 0.25) is 0 Å². The summed E-state index contributed by atoms with van der Waals surface area (Å²) in [5.74, 6) is 1.37. The summed E-state index contributed by atoms with van der Waals surface area (Å²) in [4.78, 5) is 4.39. The van der Waals surface area contributed by atoms with Crippen molar-refractivity contribution in [3.63, 3.8) is 0 Å².